The molecule has 11 heteroatoms. The maximum absolute atomic E-state index is 13.4. The van der Waals surface area contributed by atoms with Crippen LogP contribution in [0.15, 0.2) is 53.8 Å². The summed E-state index contributed by atoms with van der Waals surface area (Å²) in [6.45, 7) is 1.85. The fourth-order valence-corrected chi connectivity index (χ4v) is 3.73. The van der Waals surface area contributed by atoms with Gasteiger partial charge in [0.05, 0.1) is 22.8 Å². The molecule has 0 aliphatic heterocycles. The molecule has 0 aliphatic rings. The first-order valence-electron chi connectivity index (χ1n) is 9.10. The van der Waals surface area contributed by atoms with Gasteiger partial charge < -0.3 is 4.90 Å². The minimum atomic E-state index is -4.50. The Balaban J connectivity index is 1.83. The van der Waals surface area contributed by atoms with Crippen LogP contribution in [0.1, 0.15) is 24.2 Å². The molecule has 0 saturated heterocycles. The van der Waals surface area contributed by atoms with Gasteiger partial charge in [0.25, 0.3) is 0 Å². The molecule has 0 bridgehead atoms. The van der Waals surface area contributed by atoms with Crippen LogP contribution in [0.4, 0.5) is 19.0 Å². The lowest BCUT2D eigenvalue weighted by molar-refractivity contribution is -0.137. The number of aromatic nitrogens is 6. The van der Waals surface area contributed by atoms with Gasteiger partial charge in [-0.2, -0.15) is 13.2 Å². The molecule has 0 radical (unpaired) electrons. The van der Waals surface area contributed by atoms with E-state index in [1.807, 2.05) is 6.92 Å². The molecule has 0 aliphatic carbocycles. The number of hydrogen-bond donors (Lipinski definition) is 0. The smallest absolute Gasteiger partial charge is 0.351 e. The third-order valence-corrected chi connectivity index (χ3v) is 5.42. The van der Waals surface area contributed by atoms with Crippen molar-refractivity contribution in [3.8, 4) is 11.5 Å². The van der Waals surface area contributed by atoms with Crippen molar-refractivity contribution >= 4 is 32.7 Å². The number of rotatable bonds is 4. The highest BCUT2D eigenvalue weighted by molar-refractivity contribution is 9.10. The van der Waals surface area contributed by atoms with E-state index in [4.69, 9.17) is 0 Å². The maximum Gasteiger partial charge on any atom is 0.416 e. The van der Waals surface area contributed by atoms with Gasteiger partial charge in [-0.25, -0.2) is 24.9 Å². The van der Waals surface area contributed by atoms with E-state index >= 15 is 0 Å². The van der Waals surface area contributed by atoms with Crippen molar-refractivity contribution < 1.29 is 13.2 Å². The zero-order valence-electron chi connectivity index (χ0n) is 16.3. The number of halogens is 4. The first-order valence-corrected chi connectivity index (χ1v) is 9.89. The summed E-state index contributed by atoms with van der Waals surface area (Å²) in [5.74, 6) is 0.732. The lowest BCUT2D eigenvalue weighted by Gasteiger charge is -2.27. The standard InChI is InChI=1S/C20H15BrF3N7/c1-11(15-17(26-7-6-25-15)18-27-4-3-5-28-18)31(2)19-13-8-12(20(22,23)24)9-14(21)16(13)29-10-30-19/h3-11H,1-2H3. The predicted molar refractivity (Wildman–Crippen MR) is 112 cm³/mol. The van der Waals surface area contributed by atoms with E-state index in [1.165, 1.54) is 12.5 Å². The molecule has 31 heavy (non-hydrogen) atoms. The largest absolute Gasteiger partial charge is 0.416 e. The Bertz CT molecular complexity index is 1230. The van der Waals surface area contributed by atoms with Crippen LogP contribution in [0.3, 0.4) is 0 Å². The normalized spacial score (nSPS) is 12.7. The van der Waals surface area contributed by atoms with Gasteiger partial charge in [0.15, 0.2) is 5.82 Å². The summed E-state index contributed by atoms with van der Waals surface area (Å²) in [6.07, 6.45) is 3.09. The molecule has 1 aromatic carbocycles. The fourth-order valence-electron chi connectivity index (χ4n) is 3.17. The van der Waals surface area contributed by atoms with Gasteiger partial charge >= 0.3 is 6.18 Å². The molecule has 4 rings (SSSR count). The quantitative estimate of drug-likeness (QED) is 0.405. The van der Waals surface area contributed by atoms with E-state index in [1.54, 1.807) is 36.6 Å². The van der Waals surface area contributed by atoms with Crippen LogP contribution in [0.2, 0.25) is 0 Å². The Labute approximate surface area is 183 Å². The third-order valence-electron chi connectivity index (χ3n) is 4.81. The Morgan fingerprint density at radius 2 is 1.65 bits per heavy atom. The van der Waals surface area contributed by atoms with Gasteiger partial charge in [0, 0.05) is 41.7 Å². The van der Waals surface area contributed by atoms with Crippen LogP contribution in [0.5, 0.6) is 0 Å². The van der Waals surface area contributed by atoms with Crippen molar-refractivity contribution in [2.24, 2.45) is 0 Å². The predicted octanol–water partition coefficient (Wildman–Crippen LogP) is 4.86. The molecule has 1 atom stereocenters. The van der Waals surface area contributed by atoms with E-state index in [9.17, 15) is 13.2 Å². The van der Waals surface area contributed by atoms with Gasteiger partial charge in [-0.05, 0) is 41.1 Å². The molecule has 158 valence electrons. The molecule has 7 nitrogen and oxygen atoms in total. The highest BCUT2D eigenvalue weighted by Gasteiger charge is 2.32. The van der Waals surface area contributed by atoms with Crippen LogP contribution in [0, 0.1) is 0 Å². The maximum atomic E-state index is 13.4. The molecule has 0 saturated carbocycles. The number of benzene rings is 1. The third kappa shape index (κ3) is 4.05. The molecule has 3 heterocycles. The second-order valence-corrected chi connectivity index (χ2v) is 7.55. The van der Waals surface area contributed by atoms with E-state index in [2.05, 4.69) is 45.8 Å². The summed E-state index contributed by atoms with van der Waals surface area (Å²) in [5.41, 5.74) is 0.636. The van der Waals surface area contributed by atoms with Gasteiger partial charge in [0.1, 0.15) is 17.8 Å². The molecule has 3 aromatic heterocycles. The van der Waals surface area contributed by atoms with Crippen molar-refractivity contribution in [3.05, 3.63) is 65.0 Å². The minimum Gasteiger partial charge on any atom is -0.351 e. The lowest BCUT2D eigenvalue weighted by atomic mass is 10.1. The molecular formula is C20H15BrF3N7. The van der Waals surface area contributed by atoms with Crippen LogP contribution >= 0.6 is 15.9 Å². The summed E-state index contributed by atoms with van der Waals surface area (Å²) in [5, 5.41) is 0.264. The first-order chi connectivity index (χ1) is 14.8. The topological polar surface area (TPSA) is 80.6 Å². The van der Waals surface area contributed by atoms with Gasteiger partial charge in [0.2, 0.25) is 0 Å². The summed E-state index contributed by atoms with van der Waals surface area (Å²) < 4.78 is 40.4. The average molecular weight is 490 g/mol. The van der Waals surface area contributed by atoms with Crippen LogP contribution < -0.4 is 4.90 Å². The fraction of sp³-hybridized carbons (Fsp3) is 0.200. The van der Waals surface area contributed by atoms with Crippen LogP contribution in [-0.2, 0) is 6.18 Å². The van der Waals surface area contributed by atoms with Gasteiger partial charge in [-0.3, -0.25) is 4.98 Å². The van der Waals surface area contributed by atoms with E-state index in [-0.39, 0.29) is 9.86 Å². The van der Waals surface area contributed by atoms with Crippen molar-refractivity contribution in [3.63, 3.8) is 0 Å². The monoisotopic (exact) mass is 489 g/mol. The molecule has 0 N–H and O–H groups in total. The Kier molecular flexibility index (Phi) is 5.52. The summed E-state index contributed by atoms with van der Waals surface area (Å²) in [7, 11) is 1.73. The number of fused-ring (bicyclic) bond motifs is 1. The van der Waals surface area contributed by atoms with E-state index in [0.29, 0.717) is 28.5 Å². The SMILES string of the molecule is CC(c1nccnc1-c1ncccn1)N(C)c1ncnc2c(Br)cc(C(F)(F)F)cc12. The second kappa shape index (κ2) is 8.14. The van der Waals surface area contributed by atoms with E-state index in [0.717, 1.165) is 12.1 Å². The van der Waals surface area contributed by atoms with Gasteiger partial charge in [-0.15, -0.1) is 0 Å². The number of hydrogen-bond acceptors (Lipinski definition) is 7. The number of alkyl halides is 3. The molecule has 1 unspecified atom stereocenters. The van der Waals surface area contributed by atoms with Crippen molar-refractivity contribution in [1.29, 1.82) is 0 Å². The molecule has 4 aromatic rings. The molecule has 0 amide bonds. The number of anilines is 1. The summed E-state index contributed by atoms with van der Waals surface area (Å²) in [4.78, 5) is 27.4. The highest BCUT2D eigenvalue weighted by atomic mass is 79.9. The first kappa shape index (κ1) is 21.0. The number of nitrogens with zero attached hydrogens (tertiary/aromatic N) is 7. The lowest BCUT2D eigenvalue weighted by Crippen LogP contribution is -2.25. The van der Waals surface area contributed by atoms with Crippen molar-refractivity contribution in [2.75, 3.05) is 11.9 Å². The summed E-state index contributed by atoms with van der Waals surface area (Å²) in [6, 6.07) is 3.35. The van der Waals surface area contributed by atoms with Crippen LogP contribution in [0.25, 0.3) is 22.4 Å². The highest BCUT2D eigenvalue weighted by Crippen LogP contribution is 2.38. The Morgan fingerprint density at radius 1 is 0.935 bits per heavy atom. The second-order valence-electron chi connectivity index (χ2n) is 6.70. The zero-order valence-corrected chi connectivity index (χ0v) is 17.9. The molecule has 0 fully saturated rings. The summed E-state index contributed by atoms with van der Waals surface area (Å²) >= 11 is 3.20. The minimum absolute atomic E-state index is 0.236. The van der Waals surface area contributed by atoms with E-state index < -0.39 is 17.8 Å². The Hall–Kier alpha value is -3.21. The Morgan fingerprint density at radius 3 is 2.35 bits per heavy atom. The zero-order chi connectivity index (χ0) is 22.2. The van der Waals surface area contributed by atoms with Crippen LogP contribution in [-0.4, -0.2) is 37.0 Å². The van der Waals surface area contributed by atoms with Crippen molar-refractivity contribution in [2.45, 2.75) is 19.1 Å². The molecule has 0 spiro atoms. The van der Waals surface area contributed by atoms with Gasteiger partial charge in [-0.1, -0.05) is 0 Å². The van der Waals surface area contributed by atoms with Crippen molar-refractivity contribution in [1.82, 2.24) is 29.9 Å². The average Bonchev–Trinajstić information content (AvgIpc) is 2.77. The molecular weight excluding hydrogens is 475 g/mol.